The Morgan fingerprint density at radius 2 is 2.00 bits per heavy atom. The highest BCUT2D eigenvalue weighted by Crippen LogP contribution is 2.31. The molecule has 0 bridgehead atoms. The minimum absolute atomic E-state index is 0.154. The molecule has 2 atom stereocenters. The molecule has 1 aliphatic rings. The van der Waals surface area contributed by atoms with Crippen molar-refractivity contribution in [2.75, 3.05) is 0 Å². The van der Waals surface area contributed by atoms with Crippen molar-refractivity contribution >= 4 is 11.8 Å². The smallest absolute Gasteiger partial charge is 0.254 e. The molecule has 2 amide bonds. The average Bonchev–Trinajstić information content (AvgIpc) is 2.50. The van der Waals surface area contributed by atoms with Crippen molar-refractivity contribution in [3.05, 3.63) is 12.2 Å². The Balaban J connectivity index is 2.61. The number of imide groups is 1. The third-order valence-electron chi connectivity index (χ3n) is 3.36. The summed E-state index contributed by atoms with van der Waals surface area (Å²) in [5.74, 6) is -0.456. The van der Waals surface area contributed by atoms with Crippen LogP contribution in [0.15, 0.2) is 12.2 Å². The molecule has 0 aliphatic carbocycles. The fourth-order valence-electron chi connectivity index (χ4n) is 2.33. The maximum absolute atomic E-state index is 11.6. The zero-order valence-corrected chi connectivity index (χ0v) is 10.2. The molecule has 1 heterocycles. The monoisotopic (exact) mass is 223 g/mol. The Hall–Kier alpha value is -1.12. The first-order chi connectivity index (χ1) is 7.61. The summed E-state index contributed by atoms with van der Waals surface area (Å²) in [6, 6.07) is 0. The molecule has 0 aromatic carbocycles. The van der Waals surface area contributed by atoms with Crippen molar-refractivity contribution in [2.24, 2.45) is 11.8 Å². The fourth-order valence-corrected chi connectivity index (χ4v) is 2.33. The van der Waals surface area contributed by atoms with Gasteiger partial charge >= 0.3 is 0 Å². The molecule has 1 rings (SSSR count). The predicted octanol–water partition coefficient (Wildman–Crippen LogP) is 2.42. The van der Waals surface area contributed by atoms with Crippen molar-refractivity contribution < 1.29 is 9.59 Å². The fraction of sp³-hybridized carbons (Fsp3) is 0.692. The number of nitrogens with one attached hydrogen (secondary N) is 1. The van der Waals surface area contributed by atoms with Crippen molar-refractivity contribution in [1.29, 1.82) is 0 Å². The summed E-state index contributed by atoms with van der Waals surface area (Å²) in [4.78, 5) is 22.9. The van der Waals surface area contributed by atoms with E-state index >= 15 is 0 Å². The van der Waals surface area contributed by atoms with Crippen molar-refractivity contribution in [3.63, 3.8) is 0 Å². The van der Waals surface area contributed by atoms with Crippen LogP contribution in [0.5, 0.6) is 0 Å². The summed E-state index contributed by atoms with van der Waals surface area (Å²) >= 11 is 0. The van der Waals surface area contributed by atoms with Gasteiger partial charge in [-0.1, -0.05) is 46.1 Å². The molecular weight excluding hydrogens is 202 g/mol. The Morgan fingerprint density at radius 1 is 1.31 bits per heavy atom. The van der Waals surface area contributed by atoms with E-state index in [0.29, 0.717) is 5.57 Å². The molecule has 1 saturated heterocycles. The number of hydrogen-bond donors (Lipinski definition) is 1. The van der Waals surface area contributed by atoms with Crippen molar-refractivity contribution in [2.45, 2.75) is 46.0 Å². The van der Waals surface area contributed by atoms with Gasteiger partial charge in [0.15, 0.2) is 0 Å². The minimum Gasteiger partial charge on any atom is -0.292 e. The SMILES string of the molecule is C=C1C(=O)NC(=O)C1C(CC)CCCCC. The number of amides is 2. The van der Waals surface area contributed by atoms with Crippen molar-refractivity contribution in [1.82, 2.24) is 5.32 Å². The third-order valence-corrected chi connectivity index (χ3v) is 3.36. The second-order valence-corrected chi connectivity index (χ2v) is 4.49. The molecule has 3 nitrogen and oxygen atoms in total. The molecule has 1 N–H and O–H groups in total. The van der Waals surface area contributed by atoms with E-state index in [0.717, 1.165) is 19.3 Å². The highest BCUT2D eigenvalue weighted by molar-refractivity contribution is 6.14. The molecule has 0 aromatic heterocycles. The molecule has 0 radical (unpaired) electrons. The number of carbonyl (C=O) groups excluding carboxylic acids is 2. The molecule has 0 aromatic rings. The van der Waals surface area contributed by atoms with Gasteiger partial charge in [0.1, 0.15) is 0 Å². The second kappa shape index (κ2) is 5.83. The van der Waals surface area contributed by atoms with E-state index in [4.69, 9.17) is 0 Å². The molecule has 0 saturated carbocycles. The van der Waals surface area contributed by atoms with E-state index in [1.54, 1.807) is 0 Å². The Bertz CT molecular complexity index is 296. The summed E-state index contributed by atoms with van der Waals surface area (Å²) in [6.07, 6.45) is 5.42. The van der Waals surface area contributed by atoms with Gasteiger partial charge in [0.25, 0.3) is 5.91 Å². The Labute approximate surface area is 97.3 Å². The lowest BCUT2D eigenvalue weighted by Gasteiger charge is -2.19. The lowest BCUT2D eigenvalue weighted by molar-refractivity contribution is -0.126. The van der Waals surface area contributed by atoms with E-state index in [-0.39, 0.29) is 23.7 Å². The van der Waals surface area contributed by atoms with Gasteiger partial charge in [-0.2, -0.15) is 0 Å². The Kier molecular flexibility index (Phi) is 4.71. The van der Waals surface area contributed by atoms with Crippen LogP contribution in [0.25, 0.3) is 0 Å². The summed E-state index contributed by atoms with van der Waals surface area (Å²) < 4.78 is 0. The average molecular weight is 223 g/mol. The first-order valence-electron chi connectivity index (χ1n) is 6.15. The van der Waals surface area contributed by atoms with Crippen LogP contribution >= 0.6 is 0 Å². The predicted molar refractivity (Wildman–Crippen MR) is 63.7 cm³/mol. The van der Waals surface area contributed by atoms with Gasteiger partial charge in [0.05, 0.1) is 5.92 Å². The molecule has 3 heteroatoms. The maximum Gasteiger partial charge on any atom is 0.254 e. The zero-order chi connectivity index (χ0) is 12.1. The summed E-state index contributed by atoms with van der Waals surface area (Å²) in [7, 11) is 0. The summed E-state index contributed by atoms with van der Waals surface area (Å²) in [5.41, 5.74) is 0.452. The molecule has 1 fully saturated rings. The minimum atomic E-state index is -0.288. The normalized spacial score (nSPS) is 22.4. The lowest BCUT2D eigenvalue weighted by Crippen LogP contribution is -2.26. The molecule has 90 valence electrons. The Morgan fingerprint density at radius 3 is 2.44 bits per heavy atom. The van der Waals surface area contributed by atoms with Crippen LogP contribution in [-0.4, -0.2) is 11.8 Å². The van der Waals surface area contributed by atoms with E-state index < -0.39 is 0 Å². The topological polar surface area (TPSA) is 46.2 Å². The largest absolute Gasteiger partial charge is 0.292 e. The number of carbonyl (C=O) groups is 2. The number of rotatable bonds is 6. The van der Waals surface area contributed by atoms with Gasteiger partial charge < -0.3 is 0 Å². The molecule has 0 spiro atoms. The third kappa shape index (κ3) is 2.71. The van der Waals surface area contributed by atoms with Gasteiger partial charge in [-0.3, -0.25) is 14.9 Å². The summed E-state index contributed by atoms with van der Waals surface area (Å²) in [6.45, 7) is 7.96. The zero-order valence-electron chi connectivity index (χ0n) is 10.2. The van der Waals surface area contributed by atoms with Gasteiger partial charge in [-0.15, -0.1) is 0 Å². The molecule has 1 aliphatic heterocycles. The first kappa shape index (κ1) is 12.9. The number of hydrogen-bond acceptors (Lipinski definition) is 2. The van der Waals surface area contributed by atoms with Crippen molar-refractivity contribution in [3.8, 4) is 0 Å². The van der Waals surface area contributed by atoms with Gasteiger partial charge in [-0.05, 0) is 12.3 Å². The quantitative estimate of drug-likeness (QED) is 0.427. The second-order valence-electron chi connectivity index (χ2n) is 4.49. The molecule has 2 unspecified atom stereocenters. The number of unbranched alkanes of at least 4 members (excludes halogenated alkanes) is 2. The molecule has 16 heavy (non-hydrogen) atoms. The van der Waals surface area contributed by atoms with Crippen LogP contribution in [0.4, 0.5) is 0 Å². The van der Waals surface area contributed by atoms with Crippen LogP contribution in [-0.2, 0) is 9.59 Å². The van der Waals surface area contributed by atoms with Crippen LogP contribution < -0.4 is 5.32 Å². The van der Waals surface area contributed by atoms with Gasteiger partial charge in [0, 0.05) is 5.57 Å². The first-order valence-corrected chi connectivity index (χ1v) is 6.15. The highest BCUT2D eigenvalue weighted by atomic mass is 16.2. The van der Waals surface area contributed by atoms with Crippen LogP contribution in [0.1, 0.15) is 46.0 Å². The molecular formula is C13H21NO2. The standard InChI is InChI=1S/C13H21NO2/c1-4-6-7-8-10(5-2)11-9(3)12(15)14-13(11)16/h10-11H,3-8H2,1-2H3,(H,14,15,16). The van der Waals surface area contributed by atoms with Gasteiger partial charge in [-0.25, -0.2) is 0 Å². The van der Waals surface area contributed by atoms with E-state index in [9.17, 15) is 9.59 Å². The van der Waals surface area contributed by atoms with Crippen LogP contribution in [0.3, 0.4) is 0 Å². The summed E-state index contributed by atoms with van der Waals surface area (Å²) in [5, 5.41) is 2.34. The highest BCUT2D eigenvalue weighted by Gasteiger charge is 2.39. The van der Waals surface area contributed by atoms with E-state index in [1.165, 1.54) is 12.8 Å². The lowest BCUT2D eigenvalue weighted by atomic mass is 9.82. The van der Waals surface area contributed by atoms with E-state index in [1.807, 2.05) is 0 Å². The van der Waals surface area contributed by atoms with Gasteiger partial charge in [0.2, 0.25) is 5.91 Å². The maximum atomic E-state index is 11.6. The van der Waals surface area contributed by atoms with Crippen LogP contribution in [0.2, 0.25) is 0 Å². The van der Waals surface area contributed by atoms with E-state index in [2.05, 4.69) is 25.7 Å². The van der Waals surface area contributed by atoms with Crippen LogP contribution in [0, 0.1) is 11.8 Å².